The molecule has 0 aromatic heterocycles. The molecule has 0 saturated heterocycles. The molecule has 0 spiro atoms. The fraction of sp³-hybridized carbons (Fsp3) is 0.333. The lowest BCUT2D eigenvalue weighted by Crippen LogP contribution is -2.15. The summed E-state index contributed by atoms with van der Waals surface area (Å²) >= 11 is 0. The van der Waals surface area contributed by atoms with Crippen molar-refractivity contribution >= 4 is 23.2 Å². The van der Waals surface area contributed by atoms with Gasteiger partial charge in [0, 0.05) is 24.2 Å². The van der Waals surface area contributed by atoms with Gasteiger partial charge < -0.3 is 10.6 Å². The summed E-state index contributed by atoms with van der Waals surface area (Å²) in [7, 11) is 0. The molecule has 4 heteroatoms. The maximum atomic E-state index is 12.0. The predicted molar refractivity (Wildman–Crippen MR) is 103 cm³/mol. The number of benzene rings is 2. The van der Waals surface area contributed by atoms with Crippen molar-refractivity contribution in [3.8, 4) is 0 Å². The van der Waals surface area contributed by atoms with Gasteiger partial charge in [-0.15, -0.1) is 0 Å². The minimum absolute atomic E-state index is 0.0674. The lowest BCUT2D eigenvalue weighted by molar-refractivity contribution is -0.117. The molecule has 0 saturated carbocycles. The average molecular weight is 338 g/mol. The third kappa shape index (κ3) is 5.75. The highest BCUT2D eigenvalue weighted by molar-refractivity contribution is 5.93. The molecule has 2 rings (SSSR count). The van der Waals surface area contributed by atoms with Gasteiger partial charge in [0.1, 0.15) is 0 Å². The van der Waals surface area contributed by atoms with Crippen LogP contribution in [-0.2, 0) is 9.59 Å². The van der Waals surface area contributed by atoms with Crippen LogP contribution >= 0.6 is 0 Å². The maximum Gasteiger partial charge on any atom is 0.224 e. The van der Waals surface area contributed by atoms with E-state index in [0.29, 0.717) is 19.3 Å². The number of hydrogen-bond acceptors (Lipinski definition) is 2. The van der Waals surface area contributed by atoms with Crippen LogP contribution in [-0.4, -0.2) is 11.8 Å². The summed E-state index contributed by atoms with van der Waals surface area (Å²) in [4.78, 5) is 24.0. The van der Waals surface area contributed by atoms with E-state index in [4.69, 9.17) is 0 Å². The number of anilines is 2. The van der Waals surface area contributed by atoms with E-state index in [0.717, 1.165) is 22.5 Å². The van der Waals surface area contributed by atoms with Gasteiger partial charge in [-0.25, -0.2) is 0 Å². The van der Waals surface area contributed by atoms with Crippen molar-refractivity contribution in [3.05, 3.63) is 58.7 Å². The SMILES string of the molecule is Cc1ccc(NC(=O)CCCC(=O)Nc2ccc(C)c(C)c2)cc1C. The summed E-state index contributed by atoms with van der Waals surface area (Å²) in [6.07, 6.45) is 1.17. The van der Waals surface area contributed by atoms with Gasteiger partial charge in [0.25, 0.3) is 0 Å². The van der Waals surface area contributed by atoms with Crippen LogP contribution in [0, 0.1) is 27.7 Å². The van der Waals surface area contributed by atoms with Crippen molar-refractivity contribution in [1.82, 2.24) is 0 Å². The third-order valence-electron chi connectivity index (χ3n) is 4.39. The van der Waals surface area contributed by atoms with Crippen molar-refractivity contribution in [2.24, 2.45) is 0 Å². The van der Waals surface area contributed by atoms with Crippen LogP contribution in [0.25, 0.3) is 0 Å². The molecule has 0 heterocycles. The first-order chi connectivity index (χ1) is 11.8. The minimum atomic E-state index is -0.0674. The molecule has 4 nitrogen and oxygen atoms in total. The Morgan fingerprint density at radius 1 is 0.680 bits per heavy atom. The van der Waals surface area contributed by atoms with Gasteiger partial charge in [-0.1, -0.05) is 12.1 Å². The number of carbonyl (C=O) groups is 2. The zero-order valence-corrected chi connectivity index (χ0v) is 15.4. The Labute approximate surface area is 149 Å². The first-order valence-electron chi connectivity index (χ1n) is 8.59. The van der Waals surface area contributed by atoms with Gasteiger partial charge >= 0.3 is 0 Å². The highest BCUT2D eigenvalue weighted by Gasteiger charge is 2.07. The van der Waals surface area contributed by atoms with E-state index in [2.05, 4.69) is 10.6 Å². The van der Waals surface area contributed by atoms with Crippen LogP contribution < -0.4 is 10.6 Å². The topological polar surface area (TPSA) is 58.2 Å². The number of carbonyl (C=O) groups excluding carboxylic acids is 2. The molecular formula is C21H26N2O2. The molecule has 0 bridgehead atoms. The van der Waals surface area contributed by atoms with E-state index in [-0.39, 0.29) is 11.8 Å². The van der Waals surface area contributed by atoms with Crippen LogP contribution in [0.5, 0.6) is 0 Å². The number of rotatable bonds is 6. The second kappa shape index (κ2) is 8.47. The second-order valence-corrected chi connectivity index (χ2v) is 6.55. The summed E-state index contributed by atoms with van der Waals surface area (Å²) in [6, 6.07) is 11.7. The van der Waals surface area contributed by atoms with Gasteiger partial charge in [-0.05, 0) is 80.6 Å². The Morgan fingerprint density at radius 3 is 1.44 bits per heavy atom. The van der Waals surface area contributed by atoms with Crippen molar-refractivity contribution in [1.29, 1.82) is 0 Å². The molecule has 0 radical (unpaired) electrons. The standard InChI is InChI=1S/C21H26N2O2/c1-14-8-10-18(12-16(14)3)22-20(24)6-5-7-21(25)23-19-11-9-15(2)17(4)13-19/h8-13H,5-7H2,1-4H3,(H,22,24)(H,23,25). The van der Waals surface area contributed by atoms with Gasteiger partial charge in [-0.2, -0.15) is 0 Å². The summed E-state index contributed by atoms with van der Waals surface area (Å²) in [5, 5.41) is 5.75. The number of nitrogens with one attached hydrogen (secondary N) is 2. The van der Waals surface area contributed by atoms with Gasteiger partial charge in [0.15, 0.2) is 0 Å². The van der Waals surface area contributed by atoms with E-state index in [9.17, 15) is 9.59 Å². The predicted octanol–water partition coefficient (Wildman–Crippen LogP) is 4.67. The third-order valence-corrected chi connectivity index (χ3v) is 4.39. The highest BCUT2D eigenvalue weighted by atomic mass is 16.2. The summed E-state index contributed by atoms with van der Waals surface area (Å²) in [6.45, 7) is 8.11. The van der Waals surface area contributed by atoms with E-state index in [1.165, 1.54) is 11.1 Å². The number of aryl methyl sites for hydroxylation is 4. The molecule has 25 heavy (non-hydrogen) atoms. The molecule has 2 aromatic rings. The van der Waals surface area contributed by atoms with E-state index in [1.807, 2.05) is 64.1 Å². The van der Waals surface area contributed by atoms with Crippen LogP contribution in [0.2, 0.25) is 0 Å². The molecule has 0 unspecified atom stereocenters. The van der Waals surface area contributed by atoms with E-state index in [1.54, 1.807) is 0 Å². The maximum absolute atomic E-state index is 12.0. The molecule has 0 fully saturated rings. The number of amides is 2. The van der Waals surface area contributed by atoms with Crippen molar-refractivity contribution in [3.63, 3.8) is 0 Å². The highest BCUT2D eigenvalue weighted by Crippen LogP contribution is 2.16. The fourth-order valence-corrected chi connectivity index (χ4v) is 2.49. The largest absolute Gasteiger partial charge is 0.326 e. The van der Waals surface area contributed by atoms with Crippen molar-refractivity contribution in [2.45, 2.75) is 47.0 Å². The minimum Gasteiger partial charge on any atom is -0.326 e. The van der Waals surface area contributed by atoms with E-state index < -0.39 is 0 Å². The Morgan fingerprint density at radius 2 is 1.08 bits per heavy atom. The van der Waals surface area contributed by atoms with Gasteiger partial charge in [-0.3, -0.25) is 9.59 Å². The summed E-state index contributed by atoms with van der Waals surface area (Å²) in [5.74, 6) is -0.135. The van der Waals surface area contributed by atoms with Crippen molar-refractivity contribution in [2.75, 3.05) is 10.6 Å². The van der Waals surface area contributed by atoms with E-state index >= 15 is 0 Å². The second-order valence-electron chi connectivity index (χ2n) is 6.55. The van der Waals surface area contributed by atoms with Crippen LogP contribution in [0.1, 0.15) is 41.5 Å². The Balaban J connectivity index is 1.75. The molecule has 0 atom stereocenters. The van der Waals surface area contributed by atoms with Gasteiger partial charge in [0.05, 0.1) is 0 Å². The molecule has 2 aromatic carbocycles. The first-order valence-corrected chi connectivity index (χ1v) is 8.59. The molecule has 132 valence electrons. The Bertz CT molecular complexity index is 716. The Kier molecular flexibility index (Phi) is 6.34. The smallest absolute Gasteiger partial charge is 0.224 e. The lowest BCUT2D eigenvalue weighted by Gasteiger charge is -2.09. The normalized spacial score (nSPS) is 10.4. The van der Waals surface area contributed by atoms with Crippen LogP contribution in [0.4, 0.5) is 11.4 Å². The van der Waals surface area contributed by atoms with Crippen LogP contribution in [0.3, 0.4) is 0 Å². The Hall–Kier alpha value is -2.62. The zero-order valence-electron chi connectivity index (χ0n) is 15.4. The average Bonchev–Trinajstić information content (AvgIpc) is 2.54. The number of hydrogen-bond donors (Lipinski definition) is 2. The fourth-order valence-electron chi connectivity index (χ4n) is 2.49. The van der Waals surface area contributed by atoms with Crippen LogP contribution in [0.15, 0.2) is 36.4 Å². The van der Waals surface area contributed by atoms with Crippen molar-refractivity contribution < 1.29 is 9.59 Å². The summed E-state index contributed by atoms with van der Waals surface area (Å²) in [5.41, 5.74) is 6.28. The summed E-state index contributed by atoms with van der Waals surface area (Å²) < 4.78 is 0. The molecule has 2 N–H and O–H groups in total. The van der Waals surface area contributed by atoms with Gasteiger partial charge in [0.2, 0.25) is 11.8 Å². The molecular weight excluding hydrogens is 312 g/mol. The molecule has 2 amide bonds. The first kappa shape index (κ1) is 18.7. The lowest BCUT2D eigenvalue weighted by atomic mass is 10.1. The quantitative estimate of drug-likeness (QED) is 0.804. The molecule has 0 aliphatic rings. The zero-order chi connectivity index (χ0) is 18.4. The monoisotopic (exact) mass is 338 g/mol. The molecule has 0 aliphatic heterocycles. The molecule has 0 aliphatic carbocycles.